The quantitative estimate of drug-likeness (QED) is 0.312. The third-order valence-corrected chi connectivity index (χ3v) is 10.8. The normalized spacial score (nSPS) is 20.4. The average Bonchev–Trinajstić information content (AvgIpc) is 3.08. The number of carbonyl (C=O) groups is 2. The van der Waals surface area contributed by atoms with E-state index >= 15 is 0 Å². The molecule has 2 N–H and O–H groups in total. The lowest BCUT2D eigenvalue weighted by Crippen LogP contribution is -2.47. The van der Waals surface area contributed by atoms with E-state index in [0.717, 1.165) is 15.8 Å². The number of alkyl halides is 6. The lowest BCUT2D eigenvalue weighted by molar-refractivity contribution is -0.289. The van der Waals surface area contributed by atoms with Crippen molar-refractivity contribution in [2.24, 2.45) is 0 Å². The Labute approximate surface area is 287 Å². The van der Waals surface area contributed by atoms with Gasteiger partial charge in [0.05, 0.1) is 5.60 Å². The van der Waals surface area contributed by atoms with Crippen LogP contribution in [0.4, 0.5) is 26.3 Å². The fraction of sp³-hybridized carbons (Fsp3) is 0.486. The van der Waals surface area contributed by atoms with Gasteiger partial charge in [0.1, 0.15) is 6.67 Å². The number of piperidine rings is 1. The summed E-state index contributed by atoms with van der Waals surface area (Å²) < 4.78 is 109. The third kappa shape index (κ3) is 8.96. The summed E-state index contributed by atoms with van der Waals surface area (Å²) in [6.07, 6.45) is -3.30. The van der Waals surface area contributed by atoms with E-state index in [2.05, 4.69) is 5.32 Å². The topological polar surface area (TPSA) is 107 Å². The van der Waals surface area contributed by atoms with Gasteiger partial charge in [-0.25, -0.2) is 12.8 Å². The molecule has 0 bridgehead atoms. The van der Waals surface area contributed by atoms with Crippen LogP contribution in [0.25, 0.3) is 11.8 Å². The highest BCUT2D eigenvalue weighted by atomic mass is 32.2. The van der Waals surface area contributed by atoms with Crippen molar-refractivity contribution in [2.45, 2.75) is 77.0 Å². The van der Waals surface area contributed by atoms with Crippen LogP contribution in [-0.4, -0.2) is 79.2 Å². The van der Waals surface area contributed by atoms with Gasteiger partial charge < -0.3 is 15.3 Å². The Morgan fingerprint density at radius 1 is 0.960 bits per heavy atom. The molecule has 0 saturated carbocycles. The Hall–Kier alpha value is -3.69. The Bertz CT molecular complexity index is 1740. The van der Waals surface area contributed by atoms with E-state index in [1.54, 1.807) is 37.8 Å². The van der Waals surface area contributed by atoms with Crippen LogP contribution in [0, 0.1) is 13.8 Å². The summed E-state index contributed by atoms with van der Waals surface area (Å²) in [4.78, 5) is 27.7. The first-order chi connectivity index (χ1) is 23.3. The van der Waals surface area contributed by atoms with Crippen LogP contribution in [-0.2, 0) is 20.7 Å². The maximum absolute atomic E-state index is 14.1. The molecule has 1 fully saturated rings. The van der Waals surface area contributed by atoms with Crippen LogP contribution in [0.15, 0.2) is 47.4 Å². The second kappa shape index (κ2) is 15.3. The second-order valence-corrected chi connectivity index (χ2v) is 14.8. The minimum Gasteiger partial charge on any atom is -0.387 e. The van der Waals surface area contributed by atoms with Crippen LogP contribution in [0.3, 0.4) is 0 Å². The van der Waals surface area contributed by atoms with Crippen LogP contribution in [0.2, 0.25) is 0 Å². The first kappa shape index (κ1) is 39.1. The van der Waals surface area contributed by atoms with Gasteiger partial charge in [-0.15, -0.1) is 0 Å². The zero-order valence-electron chi connectivity index (χ0n) is 28.0. The number of hydrogen-bond donors (Lipinski definition) is 2. The van der Waals surface area contributed by atoms with Crippen LogP contribution in [0.5, 0.6) is 0 Å². The van der Waals surface area contributed by atoms with Crippen LogP contribution < -0.4 is 5.32 Å². The molecular formula is C35H41F6N3O5S. The summed E-state index contributed by atoms with van der Waals surface area (Å²) in [7, 11) is -4.05. The van der Waals surface area contributed by atoms with Crippen molar-refractivity contribution in [3.05, 3.63) is 80.8 Å². The number of halogens is 6. The Kier molecular flexibility index (Phi) is 11.9. The number of nitrogens with one attached hydrogen (secondary N) is 1. The maximum Gasteiger partial charge on any atom is 0.458 e. The number of allylic oxidation sites excluding steroid dienone is 1. The molecule has 1 saturated heterocycles. The molecule has 2 aromatic rings. The largest absolute Gasteiger partial charge is 0.458 e. The summed E-state index contributed by atoms with van der Waals surface area (Å²) in [6, 6.07) is 7.03. The Morgan fingerprint density at radius 2 is 1.60 bits per heavy atom. The van der Waals surface area contributed by atoms with E-state index in [9.17, 15) is 49.5 Å². The molecule has 0 aromatic heterocycles. The molecule has 274 valence electrons. The molecule has 2 aliphatic rings. The molecule has 0 spiro atoms. The molecule has 4 rings (SSSR count). The van der Waals surface area contributed by atoms with Gasteiger partial charge in [0.15, 0.2) is 0 Å². The number of rotatable bonds is 7. The van der Waals surface area contributed by atoms with Gasteiger partial charge in [0.25, 0.3) is 5.91 Å². The number of carbonyl (C=O) groups excluding carboxylic acids is 2. The number of sulfonamides is 1. The van der Waals surface area contributed by atoms with Gasteiger partial charge in [0.2, 0.25) is 15.9 Å². The molecule has 2 heterocycles. The summed E-state index contributed by atoms with van der Waals surface area (Å²) >= 11 is 0. The molecule has 0 unspecified atom stereocenters. The number of aliphatic hydroxyl groups is 1. The van der Waals surface area contributed by atoms with Crippen LogP contribution >= 0.6 is 0 Å². The van der Waals surface area contributed by atoms with E-state index in [0.29, 0.717) is 59.2 Å². The van der Waals surface area contributed by atoms with E-state index in [1.807, 2.05) is 0 Å². The number of likely N-dealkylation sites (tertiary alicyclic amines) is 1. The fourth-order valence-electron chi connectivity index (χ4n) is 6.10. The van der Waals surface area contributed by atoms with Crippen molar-refractivity contribution in [3.63, 3.8) is 0 Å². The summed E-state index contributed by atoms with van der Waals surface area (Å²) in [5.41, 5.74) is 0.159. The first-order valence-electron chi connectivity index (χ1n) is 16.2. The number of aryl methyl sites for hydroxylation is 2. The molecule has 0 aliphatic carbocycles. The zero-order valence-corrected chi connectivity index (χ0v) is 28.9. The predicted molar refractivity (Wildman–Crippen MR) is 177 cm³/mol. The summed E-state index contributed by atoms with van der Waals surface area (Å²) in [5, 5.41) is 13.8. The second-order valence-electron chi connectivity index (χ2n) is 13.0. The highest BCUT2D eigenvalue weighted by molar-refractivity contribution is 7.92. The van der Waals surface area contributed by atoms with E-state index < -0.39 is 45.9 Å². The van der Waals surface area contributed by atoms with Crippen molar-refractivity contribution in [2.75, 3.05) is 32.9 Å². The van der Waals surface area contributed by atoms with E-state index in [-0.39, 0.29) is 62.6 Å². The number of amides is 2. The lowest BCUT2D eigenvalue weighted by atomic mass is 9.92. The molecular weight excluding hydrogens is 688 g/mol. The average molecular weight is 730 g/mol. The van der Waals surface area contributed by atoms with Gasteiger partial charge >= 0.3 is 12.1 Å². The van der Waals surface area contributed by atoms with Gasteiger partial charge in [-0.1, -0.05) is 18.2 Å². The standard InChI is InChI=1S/C35H41F6N3O5S/c1-23-7-4-5-14-44(15-10-30(45)42-31(23)26-8-6-9-28(21-26)34(37,38)35(39,40)41)50(48,49)18-11-29-24(2)19-27(20-25(29)3)32(46)43-16-12-33(47,22-36)13-17-43/h6,8-9,11,18-21,47H,4-5,7,10,12-17,22H2,1-3H3,(H,42,45)/b18-11+,31-23-. The van der Waals surface area contributed by atoms with Crippen molar-refractivity contribution in [1.82, 2.24) is 14.5 Å². The third-order valence-electron chi connectivity index (χ3n) is 9.20. The molecule has 0 radical (unpaired) electrons. The van der Waals surface area contributed by atoms with Crippen LogP contribution in [0.1, 0.15) is 83.6 Å². The minimum absolute atomic E-state index is 0.0256. The maximum atomic E-state index is 14.1. The van der Waals surface area contributed by atoms with Gasteiger partial charge in [0, 0.05) is 54.8 Å². The SMILES string of the molecule is C/C1=C(\c2cccc(C(F)(F)C(F)(F)F)c2)NC(=O)CCN(S(=O)(=O)/C=C/c2c(C)cc(C(=O)N3CCC(O)(CF)CC3)cc2C)CCCC1. The lowest BCUT2D eigenvalue weighted by Gasteiger charge is -2.36. The minimum atomic E-state index is -5.81. The number of hydrogen-bond acceptors (Lipinski definition) is 5. The van der Waals surface area contributed by atoms with Crippen molar-refractivity contribution < 1.29 is 49.5 Å². The molecule has 2 aromatic carbocycles. The first-order valence-corrected chi connectivity index (χ1v) is 17.7. The molecule has 2 amide bonds. The van der Waals surface area contributed by atoms with Gasteiger partial charge in [-0.3, -0.25) is 9.59 Å². The van der Waals surface area contributed by atoms with E-state index in [4.69, 9.17) is 0 Å². The highest BCUT2D eigenvalue weighted by Gasteiger charge is 2.58. The Morgan fingerprint density at radius 3 is 2.20 bits per heavy atom. The Balaban J connectivity index is 1.48. The van der Waals surface area contributed by atoms with Gasteiger partial charge in [-0.2, -0.15) is 26.3 Å². The van der Waals surface area contributed by atoms with E-state index in [1.165, 1.54) is 12.1 Å². The molecule has 50 heavy (non-hydrogen) atoms. The molecule has 0 atom stereocenters. The highest BCUT2D eigenvalue weighted by Crippen LogP contribution is 2.44. The molecule has 8 nitrogen and oxygen atoms in total. The number of benzene rings is 2. The van der Waals surface area contributed by atoms with Crippen molar-refractivity contribution in [1.29, 1.82) is 0 Å². The summed E-state index contributed by atoms with van der Waals surface area (Å²) in [5.74, 6) is -6.02. The van der Waals surface area contributed by atoms with Crippen molar-refractivity contribution in [3.8, 4) is 0 Å². The monoisotopic (exact) mass is 729 g/mol. The molecule has 2 aliphatic heterocycles. The number of nitrogens with zero attached hydrogens (tertiary/aromatic N) is 2. The predicted octanol–water partition coefficient (Wildman–Crippen LogP) is 6.62. The molecule has 15 heteroatoms. The summed E-state index contributed by atoms with van der Waals surface area (Å²) in [6.45, 7) is 4.49. The zero-order chi connectivity index (χ0) is 37.1. The van der Waals surface area contributed by atoms with Crippen molar-refractivity contribution >= 4 is 33.6 Å². The smallest absolute Gasteiger partial charge is 0.387 e. The van der Waals surface area contributed by atoms with Gasteiger partial charge in [-0.05, 0) is 105 Å². The fourth-order valence-corrected chi connectivity index (χ4v) is 7.31.